The highest BCUT2D eigenvalue weighted by atomic mass is 32.2. The quantitative estimate of drug-likeness (QED) is 0.475. The SMILES string of the molecule is CC(=O)c1ccc(S(=O)(=O)NCCC(=O)OCC(=O)Nc2cccc(C)c2)cc1. The average molecular weight is 418 g/mol. The van der Waals surface area contributed by atoms with E-state index in [9.17, 15) is 22.8 Å². The summed E-state index contributed by atoms with van der Waals surface area (Å²) in [5.41, 5.74) is 1.97. The van der Waals surface area contributed by atoms with Gasteiger partial charge in [0.2, 0.25) is 10.0 Å². The standard InChI is InChI=1S/C20H22N2O6S/c1-14-4-3-5-17(12-14)22-19(24)13-28-20(25)10-11-21-29(26,27)18-8-6-16(7-9-18)15(2)23/h3-9,12,21H,10-11,13H2,1-2H3,(H,22,24). The molecule has 0 aliphatic rings. The van der Waals surface area contributed by atoms with Gasteiger partial charge in [-0.05, 0) is 43.7 Å². The molecule has 0 heterocycles. The zero-order chi connectivity index (χ0) is 21.4. The van der Waals surface area contributed by atoms with Crippen LogP contribution in [0.4, 0.5) is 5.69 Å². The summed E-state index contributed by atoms with van der Waals surface area (Å²) in [7, 11) is -3.82. The van der Waals surface area contributed by atoms with Crippen LogP contribution in [0.3, 0.4) is 0 Å². The number of benzene rings is 2. The van der Waals surface area contributed by atoms with Gasteiger partial charge in [-0.15, -0.1) is 0 Å². The summed E-state index contributed by atoms with van der Waals surface area (Å²) in [6.45, 7) is 2.62. The van der Waals surface area contributed by atoms with Crippen LogP contribution in [0.5, 0.6) is 0 Å². The molecule has 29 heavy (non-hydrogen) atoms. The molecule has 9 heteroatoms. The molecule has 154 valence electrons. The van der Waals surface area contributed by atoms with Gasteiger partial charge in [-0.2, -0.15) is 0 Å². The van der Waals surface area contributed by atoms with Crippen LogP contribution < -0.4 is 10.0 Å². The van der Waals surface area contributed by atoms with Gasteiger partial charge in [0.05, 0.1) is 11.3 Å². The fraction of sp³-hybridized carbons (Fsp3) is 0.250. The third-order valence-electron chi connectivity index (χ3n) is 3.86. The third kappa shape index (κ3) is 7.13. The first kappa shape index (κ1) is 22.3. The van der Waals surface area contributed by atoms with E-state index >= 15 is 0 Å². The molecule has 2 N–H and O–H groups in total. The molecule has 0 spiro atoms. The number of carbonyl (C=O) groups excluding carboxylic acids is 3. The second-order valence-electron chi connectivity index (χ2n) is 6.31. The lowest BCUT2D eigenvalue weighted by Crippen LogP contribution is -2.28. The molecule has 2 aromatic carbocycles. The highest BCUT2D eigenvalue weighted by molar-refractivity contribution is 7.89. The van der Waals surface area contributed by atoms with Crippen molar-refractivity contribution in [2.75, 3.05) is 18.5 Å². The Hall–Kier alpha value is -3.04. The normalized spacial score (nSPS) is 11.0. The van der Waals surface area contributed by atoms with Crippen molar-refractivity contribution in [3.63, 3.8) is 0 Å². The first-order valence-electron chi connectivity index (χ1n) is 8.80. The van der Waals surface area contributed by atoms with E-state index in [1.165, 1.54) is 31.2 Å². The number of hydrogen-bond acceptors (Lipinski definition) is 6. The predicted octanol–water partition coefficient (Wildman–Crippen LogP) is 2.05. The van der Waals surface area contributed by atoms with Gasteiger partial charge in [0, 0.05) is 17.8 Å². The van der Waals surface area contributed by atoms with E-state index in [-0.39, 0.29) is 23.6 Å². The smallest absolute Gasteiger partial charge is 0.307 e. The van der Waals surface area contributed by atoms with Crippen molar-refractivity contribution in [1.29, 1.82) is 0 Å². The van der Waals surface area contributed by atoms with E-state index in [0.29, 0.717) is 11.3 Å². The Balaban J connectivity index is 1.75. The predicted molar refractivity (Wildman–Crippen MR) is 107 cm³/mol. The fourth-order valence-electron chi connectivity index (χ4n) is 2.38. The van der Waals surface area contributed by atoms with Crippen molar-refractivity contribution in [2.45, 2.75) is 25.2 Å². The van der Waals surface area contributed by atoms with Crippen molar-refractivity contribution in [3.05, 3.63) is 59.7 Å². The van der Waals surface area contributed by atoms with Crippen LogP contribution in [0, 0.1) is 6.92 Å². The molecule has 0 atom stereocenters. The maximum absolute atomic E-state index is 12.2. The number of sulfonamides is 1. The summed E-state index contributed by atoms with van der Waals surface area (Å²) >= 11 is 0. The number of hydrogen-bond donors (Lipinski definition) is 2. The van der Waals surface area contributed by atoms with Gasteiger partial charge in [0.25, 0.3) is 5.91 Å². The molecule has 1 amide bonds. The monoisotopic (exact) mass is 418 g/mol. The van der Waals surface area contributed by atoms with Crippen LogP contribution in [-0.4, -0.2) is 39.2 Å². The van der Waals surface area contributed by atoms with Crippen LogP contribution in [0.25, 0.3) is 0 Å². The molecule has 2 rings (SSSR count). The summed E-state index contributed by atoms with van der Waals surface area (Å²) in [5, 5.41) is 2.60. The minimum absolute atomic E-state index is 0.0200. The number of Topliss-reactive ketones (excluding diaryl/α,β-unsaturated/α-hetero) is 1. The highest BCUT2D eigenvalue weighted by Gasteiger charge is 2.15. The van der Waals surface area contributed by atoms with E-state index in [2.05, 4.69) is 10.0 Å². The number of carbonyl (C=O) groups is 3. The first-order valence-corrected chi connectivity index (χ1v) is 10.3. The maximum Gasteiger partial charge on any atom is 0.307 e. The molecular weight excluding hydrogens is 396 g/mol. The van der Waals surface area contributed by atoms with Gasteiger partial charge >= 0.3 is 5.97 Å². The fourth-order valence-corrected chi connectivity index (χ4v) is 3.41. The largest absolute Gasteiger partial charge is 0.456 e. The summed E-state index contributed by atoms with van der Waals surface area (Å²) in [4.78, 5) is 34.7. The van der Waals surface area contributed by atoms with Gasteiger partial charge in [-0.3, -0.25) is 14.4 Å². The molecule has 0 aromatic heterocycles. The van der Waals surface area contributed by atoms with Crippen LogP contribution in [0.1, 0.15) is 29.3 Å². The number of ketones is 1. The van der Waals surface area contributed by atoms with Crippen LogP contribution in [-0.2, 0) is 24.3 Å². The van der Waals surface area contributed by atoms with E-state index in [4.69, 9.17) is 4.74 Å². The molecule has 0 saturated heterocycles. The molecule has 0 radical (unpaired) electrons. The van der Waals surface area contributed by atoms with Gasteiger partial charge < -0.3 is 10.1 Å². The number of rotatable bonds is 9. The number of esters is 1. The molecule has 2 aromatic rings. The summed E-state index contributed by atoms with van der Waals surface area (Å²) in [5.74, 6) is -1.37. The van der Waals surface area contributed by atoms with Crippen molar-refractivity contribution in [1.82, 2.24) is 4.72 Å². The molecular formula is C20H22N2O6S. The zero-order valence-electron chi connectivity index (χ0n) is 16.1. The summed E-state index contributed by atoms with van der Waals surface area (Å²) < 4.78 is 31.5. The molecule has 0 unspecified atom stereocenters. The van der Waals surface area contributed by atoms with Crippen LogP contribution in [0.2, 0.25) is 0 Å². The lowest BCUT2D eigenvalue weighted by Gasteiger charge is -2.08. The van der Waals surface area contributed by atoms with Crippen molar-refractivity contribution in [3.8, 4) is 0 Å². The lowest BCUT2D eigenvalue weighted by molar-refractivity contribution is -0.147. The highest BCUT2D eigenvalue weighted by Crippen LogP contribution is 2.11. The number of nitrogens with one attached hydrogen (secondary N) is 2. The Labute approximate surface area is 169 Å². The van der Waals surface area contributed by atoms with Gasteiger partial charge in [-0.25, -0.2) is 13.1 Å². The number of anilines is 1. The Morgan fingerprint density at radius 3 is 2.34 bits per heavy atom. The maximum atomic E-state index is 12.2. The molecule has 0 bridgehead atoms. The Kier molecular flexibility index (Phi) is 7.63. The van der Waals surface area contributed by atoms with Crippen molar-refractivity contribution in [2.24, 2.45) is 0 Å². The second-order valence-corrected chi connectivity index (χ2v) is 8.07. The Morgan fingerprint density at radius 1 is 1.03 bits per heavy atom. The minimum Gasteiger partial charge on any atom is -0.456 e. The summed E-state index contributed by atoms with van der Waals surface area (Å²) in [6, 6.07) is 12.6. The Morgan fingerprint density at radius 2 is 1.72 bits per heavy atom. The van der Waals surface area contributed by atoms with E-state index < -0.39 is 28.5 Å². The Bertz CT molecular complexity index is 1000. The third-order valence-corrected chi connectivity index (χ3v) is 5.34. The number of amides is 1. The average Bonchev–Trinajstić information content (AvgIpc) is 2.66. The zero-order valence-corrected chi connectivity index (χ0v) is 16.9. The molecule has 0 fully saturated rings. The van der Waals surface area contributed by atoms with Crippen LogP contribution in [0.15, 0.2) is 53.4 Å². The van der Waals surface area contributed by atoms with Gasteiger partial charge in [-0.1, -0.05) is 24.3 Å². The van der Waals surface area contributed by atoms with Gasteiger partial charge in [0.1, 0.15) is 0 Å². The molecule has 8 nitrogen and oxygen atoms in total. The number of ether oxygens (including phenoxy) is 1. The molecule has 0 saturated carbocycles. The topological polar surface area (TPSA) is 119 Å². The van der Waals surface area contributed by atoms with Crippen molar-refractivity contribution >= 4 is 33.4 Å². The van der Waals surface area contributed by atoms with Crippen LogP contribution >= 0.6 is 0 Å². The minimum atomic E-state index is -3.82. The number of aryl methyl sites for hydroxylation is 1. The van der Waals surface area contributed by atoms with Crippen molar-refractivity contribution < 1.29 is 27.5 Å². The first-order chi connectivity index (χ1) is 13.7. The van der Waals surface area contributed by atoms with Gasteiger partial charge in [0.15, 0.2) is 12.4 Å². The lowest BCUT2D eigenvalue weighted by atomic mass is 10.2. The van der Waals surface area contributed by atoms with E-state index in [1.807, 2.05) is 13.0 Å². The molecule has 0 aliphatic heterocycles. The van der Waals surface area contributed by atoms with E-state index in [1.54, 1.807) is 18.2 Å². The second kappa shape index (κ2) is 9.94. The summed E-state index contributed by atoms with van der Waals surface area (Å²) in [6.07, 6.45) is -0.234. The molecule has 0 aliphatic carbocycles. The van der Waals surface area contributed by atoms with E-state index in [0.717, 1.165) is 5.56 Å².